The zero-order chi connectivity index (χ0) is 22.5. The molecule has 0 aliphatic carbocycles. The summed E-state index contributed by atoms with van der Waals surface area (Å²) in [7, 11) is 3.81. The Balaban J connectivity index is 0. The lowest BCUT2D eigenvalue weighted by Crippen LogP contribution is -3.00. The third-order valence-corrected chi connectivity index (χ3v) is 5.49. The highest BCUT2D eigenvalue weighted by Crippen LogP contribution is 2.10. The molecule has 184 valence electrons. The summed E-state index contributed by atoms with van der Waals surface area (Å²) in [6.45, 7) is 3.76. The van der Waals surface area contributed by atoms with Crippen molar-refractivity contribution in [2.24, 2.45) is 0 Å². The van der Waals surface area contributed by atoms with E-state index in [0.717, 1.165) is 25.8 Å². The molecule has 0 rings (SSSR count). The van der Waals surface area contributed by atoms with E-state index < -0.39 is 5.97 Å². The maximum atomic E-state index is 11.9. The van der Waals surface area contributed by atoms with Crippen LogP contribution < -0.4 is 17.7 Å². The molecule has 2 N–H and O–H groups in total. The summed E-state index contributed by atoms with van der Waals surface area (Å²) < 4.78 is 0.444. The summed E-state index contributed by atoms with van der Waals surface area (Å²) in [4.78, 5) is 22.6. The van der Waals surface area contributed by atoms with Crippen LogP contribution in [0, 0.1) is 0 Å². The molecular weight excluding hydrogens is 412 g/mol. The number of carboxylic acids is 1. The van der Waals surface area contributed by atoms with Gasteiger partial charge >= 0.3 is 5.97 Å². The average Bonchev–Trinajstić information content (AvgIpc) is 2.67. The third kappa shape index (κ3) is 25.1. The van der Waals surface area contributed by atoms with Crippen molar-refractivity contribution in [3.63, 3.8) is 0 Å². The Morgan fingerprint density at radius 1 is 0.806 bits per heavy atom. The highest BCUT2D eigenvalue weighted by molar-refractivity contribution is 5.75. The van der Waals surface area contributed by atoms with Crippen molar-refractivity contribution in [3.8, 4) is 0 Å². The van der Waals surface area contributed by atoms with Gasteiger partial charge in [-0.2, -0.15) is 0 Å². The number of carbonyl (C=O) groups is 2. The molecule has 1 amide bonds. The number of hydrogen-bond acceptors (Lipinski definition) is 2. The van der Waals surface area contributed by atoms with Crippen molar-refractivity contribution in [3.05, 3.63) is 12.2 Å². The van der Waals surface area contributed by atoms with Crippen molar-refractivity contribution in [1.29, 1.82) is 0 Å². The Morgan fingerprint density at radius 2 is 1.32 bits per heavy atom. The molecule has 5 nitrogen and oxygen atoms in total. The molecule has 6 heteroatoms. The summed E-state index contributed by atoms with van der Waals surface area (Å²) in [5.74, 6) is -0.663. The monoisotopic (exact) mass is 460 g/mol. The fourth-order valence-electron chi connectivity index (χ4n) is 3.62. The topological polar surface area (TPSA) is 66.4 Å². The van der Waals surface area contributed by atoms with Crippen LogP contribution in [0.5, 0.6) is 0 Å². The van der Waals surface area contributed by atoms with Crippen LogP contribution in [-0.4, -0.2) is 55.2 Å². The second-order valence-electron chi connectivity index (χ2n) is 9.25. The zero-order valence-electron chi connectivity index (χ0n) is 20.5. The van der Waals surface area contributed by atoms with Crippen molar-refractivity contribution < 1.29 is 31.6 Å². The average molecular weight is 461 g/mol. The first-order valence-electron chi connectivity index (χ1n) is 12.3. The summed E-state index contributed by atoms with van der Waals surface area (Å²) in [5.41, 5.74) is 0. The van der Waals surface area contributed by atoms with Gasteiger partial charge in [0.1, 0.15) is 0 Å². The Bertz CT molecular complexity index is 468. The molecule has 0 fully saturated rings. The summed E-state index contributed by atoms with van der Waals surface area (Å²) in [5, 5.41) is 11.8. The molecule has 0 radical (unpaired) electrons. The van der Waals surface area contributed by atoms with E-state index in [9.17, 15) is 9.59 Å². The second-order valence-corrected chi connectivity index (χ2v) is 9.25. The van der Waals surface area contributed by atoms with Crippen LogP contribution >= 0.6 is 0 Å². The number of carboxylic acid groups (broad SMARTS) is 1. The van der Waals surface area contributed by atoms with E-state index in [1.54, 1.807) is 0 Å². The highest BCUT2D eigenvalue weighted by atomic mass is 35.5. The number of hydrogen-bond donors (Lipinski definition) is 2. The molecule has 0 atom stereocenters. The van der Waals surface area contributed by atoms with E-state index in [2.05, 4.69) is 24.4 Å². The Hall–Kier alpha value is -1.07. The Labute approximate surface area is 198 Å². The number of aliphatic carboxylic acids is 1. The molecule has 0 saturated carbocycles. The zero-order valence-corrected chi connectivity index (χ0v) is 21.2. The number of nitrogens with zero attached hydrogens (tertiary/aromatic N) is 1. The van der Waals surface area contributed by atoms with E-state index >= 15 is 0 Å². The fourth-order valence-corrected chi connectivity index (χ4v) is 3.62. The number of halogens is 1. The SMILES string of the molecule is CCCCCCCC/C=C\CCCCCCCC(=O)NCCC[N+](C)(C)CC(=O)O.[Cl-]. The van der Waals surface area contributed by atoms with Gasteiger partial charge in [-0.15, -0.1) is 0 Å². The molecule has 0 aromatic heterocycles. The van der Waals surface area contributed by atoms with Gasteiger partial charge in [0.2, 0.25) is 5.91 Å². The molecule has 0 saturated heterocycles. The van der Waals surface area contributed by atoms with Crippen LogP contribution in [0.2, 0.25) is 0 Å². The largest absolute Gasteiger partial charge is 1.00 e. The van der Waals surface area contributed by atoms with E-state index in [-0.39, 0.29) is 24.9 Å². The molecule has 31 heavy (non-hydrogen) atoms. The van der Waals surface area contributed by atoms with Gasteiger partial charge in [-0.3, -0.25) is 4.79 Å². The first kappa shape index (κ1) is 32.1. The predicted octanol–water partition coefficient (Wildman–Crippen LogP) is 2.70. The first-order chi connectivity index (χ1) is 14.4. The number of unbranched alkanes of at least 4 members (excludes halogenated alkanes) is 11. The van der Waals surface area contributed by atoms with Crippen LogP contribution in [-0.2, 0) is 9.59 Å². The Morgan fingerprint density at radius 3 is 1.87 bits per heavy atom. The molecule has 0 aromatic rings. The molecule has 0 unspecified atom stereocenters. The van der Waals surface area contributed by atoms with Crippen LogP contribution in [0.1, 0.15) is 103 Å². The van der Waals surface area contributed by atoms with Gasteiger partial charge in [-0.1, -0.05) is 70.4 Å². The van der Waals surface area contributed by atoms with E-state index in [0.29, 0.717) is 17.4 Å². The second kappa shape index (κ2) is 22.1. The minimum absolute atomic E-state index is 0. The summed E-state index contributed by atoms with van der Waals surface area (Å²) >= 11 is 0. The standard InChI is InChI=1S/C25H48N2O3.ClH/c1-4-5-6-7-8-9-10-11-12-13-14-15-16-17-18-20-24(28)26-21-19-22-27(2,3)23-25(29)30;/h11-12H,4-10,13-23H2,1-3H3,(H-,26,28,29,30);1H/b12-11-;. The van der Waals surface area contributed by atoms with Gasteiger partial charge in [0.05, 0.1) is 20.6 Å². The maximum absolute atomic E-state index is 11.9. The smallest absolute Gasteiger partial charge is 0.359 e. The minimum atomic E-state index is -0.784. The molecule has 0 spiro atoms. The number of allylic oxidation sites excluding steroid dienone is 2. The lowest BCUT2D eigenvalue weighted by molar-refractivity contribution is -0.883. The van der Waals surface area contributed by atoms with Crippen LogP contribution in [0.15, 0.2) is 12.2 Å². The first-order valence-corrected chi connectivity index (χ1v) is 12.3. The Kier molecular flexibility index (Phi) is 22.9. The number of carbonyl (C=O) groups excluding carboxylic acids is 1. The molecule has 0 aromatic carbocycles. The number of likely N-dealkylation sites (N-methyl/N-ethyl adjacent to an activating group) is 1. The third-order valence-electron chi connectivity index (χ3n) is 5.49. The van der Waals surface area contributed by atoms with Gasteiger partial charge in [0.15, 0.2) is 6.54 Å². The number of amides is 1. The van der Waals surface area contributed by atoms with Crippen LogP contribution in [0.3, 0.4) is 0 Å². The normalized spacial score (nSPS) is 11.5. The van der Waals surface area contributed by atoms with Crippen LogP contribution in [0.4, 0.5) is 0 Å². The van der Waals surface area contributed by atoms with Crippen molar-refractivity contribution in [2.75, 3.05) is 33.7 Å². The molecule has 0 heterocycles. The van der Waals surface area contributed by atoms with E-state index in [4.69, 9.17) is 5.11 Å². The summed E-state index contributed by atoms with van der Waals surface area (Å²) in [6, 6.07) is 0. The van der Waals surface area contributed by atoms with E-state index in [1.807, 2.05) is 14.1 Å². The molecular formula is C25H49ClN2O3. The summed E-state index contributed by atoms with van der Waals surface area (Å²) in [6.07, 6.45) is 22.5. The number of rotatable bonds is 21. The molecule has 0 bridgehead atoms. The quantitative estimate of drug-likeness (QED) is 0.157. The van der Waals surface area contributed by atoms with E-state index in [1.165, 1.54) is 70.6 Å². The maximum Gasteiger partial charge on any atom is 0.359 e. The lowest BCUT2D eigenvalue weighted by atomic mass is 10.1. The van der Waals surface area contributed by atoms with Crippen molar-refractivity contribution in [1.82, 2.24) is 5.32 Å². The minimum Gasteiger partial charge on any atom is -1.00 e. The van der Waals surface area contributed by atoms with Gasteiger partial charge in [-0.05, 0) is 32.1 Å². The fraction of sp³-hybridized carbons (Fsp3) is 0.840. The van der Waals surface area contributed by atoms with Gasteiger partial charge in [-0.25, -0.2) is 4.79 Å². The number of nitrogens with one attached hydrogen (secondary N) is 1. The van der Waals surface area contributed by atoms with Crippen molar-refractivity contribution in [2.45, 2.75) is 103 Å². The van der Waals surface area contributed by atoms with Gasteiger partial charge < -0.3 is 27.3 Å². The number of quaternary nitrogens is 1. The van der Waals surface area contributed by atoms with Crippen LogP contribution in [0.25, 0.3) is 0 Å². The predicted molar refractivity (Wildman–Crippen MR) is 127 cm³/mol. The van der Waals surface area contributed by atoms with Gasteiger partial charge in [0, 0.05) is 19.4 Å². The molecule has 0 aliphatic heterocycles. The molecule has 0 aliphatic rings. The van der Waals surface area contributed by atoms with Crippen molar-refractivity contribution >= 4 is 11.9 Å². The highest BCUT2D eigenvalue weighted by Gasteiger charge is 2.18. The van der Waals surface area contributed by atoms with Gasteiger partial charge in [0.25, 0.3) is 0 Å². The lowest BCUT2D eigenvalue weighted by Gasteiger charge is -2.27.